The number of benzene rings is 2. The maximum Gasteiger partial charge on any atom is 0.271 e. The van der Waals surface area contributed by atoms with Gasteiger partial charge in [-0.05, 0) is 42.3 Å². The fraction of sp³-hybridized carbons (Fsp3) is 0.111. The van der Waals surface area contributed by atoms with E-state index >= 15 is 0 Å². The second kappa shape index (κ2) is 6.75. The molecule has 6 heteroatoms. The van der Waals surface area contributed by atoms with Crippen LogP contribution in [0, 0.1) is 5.82 Å². The zero-order valence-corrected chi connectivity index (χ0v) is 14.7. The zero-order chi connectivity index (χ0) is 17.3. The number of allylic oxidation sites excluding steroid dienone is 1. The Kier molecular flexibility index (Phi) is 4.69. The summed E-state index contributed by atoms with van der Waals surface area (Å²) in [5, 5.41) is 0. The molecule has 2 aromatic carbocycles. The largest absolute Gasteiger partial charge is 0.495 e. The van der Waals surface area contributed by atoms with E-state index in [0.29, 0.717) is 20.7 Å². The summed E-state index contributed by atoms with van der Waals surface area (Å²) in [6.07, 6.45) is 0. The number of rotatable bonds is 3. The molecule has 0 saturated carbocycles. The van der Waals surface area contributed by atoms with E-state index in [1.54, 1.807) is 31.4 Å². The van der Waals surface area contributed by atoms with Crippen LogP contribution in [-0.2, 0) is 4.79 Å². The lowest BCUT2D eigenvalue weighted by Crippen LogP contribution is -2.28. The number of ether oxygens (including phenoxy) is 1. The number of carbonyl (C=O) groups excluding carboxylic acids is 1. The summed E-state index contributed by atoms with van der Waals surface area (Å²) in [5.41, 5.74) is 2.17. The van der Waals surface area contributed by atoms with Crippen LogP contribution in [0.3, 0.4) is 0 Å². The predicted molar refractivity (Wildman–Crippen MR) is 99.7 cm³/mol. The highest BCUT2D eigenvalue weighted by molar-refractivity contribution is 8.27. The maximum atomic E-state index is 13.1. The summed E-state index contributed by atoms with van der Waals surface area (Å²) in [6.45, 7) is 1.84. The number of halogens is 1. The van der Waals surface area contributed by atoms with Crippen molar-refractivity contribution in [2.45, 2.75) is 6.92 Å². The van der Waals surface area contributed by atoms with Gasteiger partial charge in [-0.15, -0.1) is 0 Å². The second-order valence-corrected chi connectivity index (χ2v) is 6.79. The number of para-hydroxylation sites is 2. The van der Waals surface area contributed by atoms with Gasteiger partial charge in [0.05, 0.1) is 17.7 Å². The van der Waals surface area contributed by atoms with Crippen LogP contribution >= 0.6 is 24.0 Å². The summed E-state index contributed by atoms with van der Waals surface area (Å²) < 4.78 is 18.9. The molecule has 0 unspecified atom stereocenters. The Hall–Kier alpha value is -2.18. The third-order valence-corrected chi connectivity index (χ3v) is 5.19. The first-order valence-electron chi connectivity index (χ1n) is 7.19. The van der Waals surface area contributed by atoms with Crippen LogP contribution < -0.4 is 9.64 Å². The Morgan fingerprint density at radius 2 is 1.83 bits per heavy atom. The average molecular weight is 359 g/mol. The lowest BCUT2D eigenvalue weighted by atomic mass is 10.1. The zero-order valence-electron chi connectivity index (χ0n) is 13.1. The van der Waals surface area contributed by atoms with Gasteiger partial charge in [-0.3, -0.25) is 9.69 Å². The van der Waals surface area contributed by atoms with Crippen LogP contribution in [0.1, 0.15) is 12.5 Å². The highest BCUT2D eigenvalue weighted by Crippen LogP contribution is 2.41. The van der Waals surface area contributed by atoms with Crippen LogP contribution in [0.4, 0.5) is 10.1 Å². The summed E-state index contributed by atoms with van der Waals surface area (Å²) >= 11 is 6.63. The van der Waals surface area contributed by atoms with Gasteiger partial charge in [0.25, 0.3) is 5.91 Å². The van der Waals surface area contributed by atoms with Gasteiger partial charge in [-0.25, -0.2) is 4.39 Å². The summed E-state index contributed by atoms with van der Waals surface area (Å²) in [4.78, 5) is 14.9. The molecule has 0 atom stereocenters. The lowest BCUT2D eigenvalue weighted by molar-refractivity contribution is -0.113. The topological polar surface area (TPSA) is 29.5 Å². The molecule has 1 aliphatic rings. The number of hydrogen-bond acceptors (Lipinski definition) is 4. The number of methoxy groups -OCH3 is 1. The van der Waals surface area contributed by atoms with Crippen molar-refractivity contribution in [3.63, 3.8) is 0 Å². The number of amides is 1. The minimum absolute atomic E-state index is 0.198. The minimum atomic E-state index is -0.312. The molecule has 1 fully saturated rings. The van der Waals surface area contributed by atoms with Gasteiger partial charge in [0.15, 0.2) is 4.32 Å². The molecule has 0 radical (unpaired) electrons. The molecule has 2 aromatic rings. The van der Waals surface area contributed by atoms with Crippen molar-refractivity contribution in [2.75, 3.05) is 12.0 Å². The lowest BCUT2D eigenvalue weighted by Gasteiger charge is -2.17. The molecule has 0 N–H and O–H groups in total. The van der Waals surface area contributed by atoms with Gasteiger partial charge in [-0.1, -0.05) is 48.2 Å². The van der Waals surface area contributed by atoms with Crippen LogP contribution in [0.15, 0.2) is 53.4 Å². The van der Waals surface area contributed by atoms with Crippen molar-refractivity contribution in [1.29, 1.82) is 0 Å². The molecule has 1 aliphatic heterocycles. The first kappa shape index (κ1) is 16.7. The molecule has 0 aromatic heterocycles. The van der Waals surface area contributed by atoms with E-state index in [1.807, 2.05) is 19.1 Å². The monoisotopic (exact) mass is 359 g/mol. The van der Waals surface area contributed by atoms with Crippen LogP contribution in [-0.4, -0.2) is 17.3 Å². The highest BCUT2D eigenvalue weighted by Gasteiger charge is 2.36. The van der Waals surface area contributed by atoms with E-state index in [-0.39, 0.29) is 11.7 Å². The second-order valence-electron chi connectivity index (χ2n) is 5.14. The standard InChI is InChI=1S/C18H14FNO2S2/c1-11(12-7-9-13(19)10-8-12)16-17(21)20(18(23)24-16)14-5-3-4-6-15(14)22-2/h3-10H,1-2H3/b16-11-. The van der Waals surface area contributed by atoms with Crippen LogP contribution in [0.25, 0.3) is 5.57 Å². The fourth-order valence-corrected chi connectivity index (χ4v) is 3.78. The number of thiocarbonyl (C=S) groups is 1. The van der Waals surface area contributed by atoms with E-state index < -0.39 is 0 Å². The van der Waals surface area contributed by atoms with Crippen molar-refractivity contribution in [3.8, 4) is 5.75 Å². The number of nitrogens with zero attached hydrogens (tertiary/aromatic N) is 1. The van der Waals surface area contributed by atoms with E-state index in [1.165, 1.54) is 28.8 Å². The molecular weight excluding hydrogens is 345 g/mol. The van der Waals surface area contributed by atoms with Crippen molar-refractivity contribution < 1.29 is 13.9 Å². The molecule has 3 rings (SSSR count). The van der Waals surface area contributed by atoms with E-state index in [0.717, 1.165) is 11.1 Å². The predicted octanol–water partition coefficient (Wildman–Crippen LogP) is 4.63. The van der Waals surface area contributed by atoms with Gasteiger partial charge in [0.2, 0.25) is 0 Å². The van der Waals surface area contributed by atoms with Gasteiger partial charge in [0.1, 0.15) is 11.6 Å². The molecule has 1 saturated heterocycles. The normalized spacial score (nSPS) is 16.5. The first-order chi connectivity index (χ1) is 11.5. The molecule has 0 spiro atoms. The highest BCUT2D eigenvalue weighted by atomic mass is 32.2. The molecule has 0 aliphatic carbocycles. The average Bonchev–Trinajstić information content (AvgIpc) is 2.89. The molecule has 122 valence electrons. The van der Waals surface area contributed by atoms with Crippen molar-refractivity contribution in [2.24, 2.45) is 0 Å². The molecule has 24 heavy (non-hydrogen) atoms. The van der Waals surface area contributed by atoms with Crippen LogP contribution in [0.5, 0.6) is 5.75 Å². The van der Waals surface area contributed by atoms with Crippen molar-refractivity contribution in [3.05, 3.63) is 64.8 Å². The minimum Gasteiger partial charge on any atom is -0.495 e. The fourth-order valence-electron chi connectivity index (χ4n) is 2.45. The third-order valence-electron chi connectivity index (χ3n) is 3.71. The van der Waals surface area contributed by atoms with E-state index in [2.05, 4.69) is 0 Å². The number of carbonyl (C=O) groups is 1. The Balaban J connectivity index is 2.03. The van der Waals surface area contributed by atoms with Gasteiger partial charge in [-0.2, -0.15) is 0 Å². The van der Waals surface area contributed by atoms with Gasteiger partial charge < -0.3 is 4.74 Å². The summed E-state index contributed by atoms with van der Waals surface area (Å²) in [5.74, 6) is 0.0685. The van der Waals surface area contributed by atoms with E-state index in [9.17, 15) is 9.18 Å². The Morgan fingerprint density at radius 3 is 2.50 bits per heavy atom. The molecule has 0 bridgehead atoms. The Bertz CT molecular complexity index is 846. The number of anilines is 1. The van der Waals surface area contributed by atoms with Gasteiger partial charge in [0, 0.05) is 0 Å². The van der Waals surface area contributed by atoms with E-state index in [4.69, 9.17) is 17.0 Å². The third kappa shape index (κ3) is 2.95. The quantitative estimate of drug-likeness (QED) is 0.590. The molecule has 1 amide bonds. The van der Waals surface area contributed by atoms with Gasteiger partial charge >= 0.3 is 0 Å². The molecule has 1 heterocycles. The molecular formula is C18H14FNO2S2. The molecule has 3 nitrogen and oxygen atoms in total. The number of thioether (sulfide) groups is 1. The van der Waals surface area contributed by atoms with Crippen molar-refractivity contribution in [1.82, 2.24) is 0 Å². The summed E-state index contributed by atoms with van der Waals surface area (Å²) in [6, 6.07) is 13.3. The SMILES string of the molecule is COc1ccccc1N1C(=O)/C(=C(\C)c2ccc(F)cc2)SC1=S. The number of hydrogen-bond donors (Lipinski definition) is 0. The Morgan fingerprint density at radius 1 is 1.17 bits per heavy atom. The van der Waals surface area contributed by atoms with Crippen LogP contribution in [0.2, 0.25) is 0 Å². The summed E-state index contributed by atoms with van der Waals surface area (Å²) in [7, 11) is 1.55. The Labute approximate surface area is 149 Å². The van der Waals surface area contributed by atoms with Crippen molar-refractivity contribution >= 4 is 45.5 Å². The maximum absolute atomic E-state index is 13.1. The first-order valence-corrected chi connectivity index (χ1v) is 8.41. The smallest absolute Gasteiger partial charge is 0.271 e.